The molecular formula is C7H11ClO2S2. The molecule has 0 bridgehead atoms. The maximum Gasteiger partial charge on any atom is 0.236 e. The van der Waals surface area contributed by atoms with Crippen molar-refractivity contribution in [1.82, 2.24) is 0 Å². The molecule has 0 aromatic rings. The molecule has 0 amide bonds. The van der Waals surface area contributed by atoms with E-state index >= 15 is 0 Å². The van der Waals surface area contributed by atoms with Crippen molar-refractivity contribution < 1.29 is 8.42 Å². The Morgan fingerprint density at radius 1 is 1.58 bits per heavy atom. The van der Waals surface area contributed by atoms with Gasteiger partial charge in [0.05, 0.1) is 5.75 Å². The van der Waals surface area contributed by atoms with E-state index in [9.17, 15) is 8.42 Å². The van der Waals surface area contributed by atoms with Crippen LogP contribution < -0.4 is 0 Å². The first kappa shape index (κ1) is 10.4. The maximum atomic E-state index is 10.5. The molecule has 0 aromatic heterocycles. The number of halogens is 1. The highest BCUT2D eigenvalue weighted by Crippen LogP contribution is 2.24. The predicted molar refractivity (Wildman–Crippen MR) is 54.2 cm³/mol. The Morgan fingerprint density at radius 3 is 2.83 bits per heavy atom. The van der Waals surface area contributed by atoms with Gasteiger partial charge in [-0.1, -0.05) is 12.2 Å². The quantitative estimate of drug-likeness (QED) is 0.544. The lowest BCUT2D eigenvalue weighted by Gasteiger charge is -1.97. The van der Waals surface area contributed by atoms with Gasteiger partial charge in [-0.2, -0.15) is 11.8 Å². The zero-order valence-electron chi connectivity index (χ0n) is 6.57. The van der Waals surface area contributed by atoms with E-state index in [0.717, 1.165) is 12.2 Å². The molecule has 1 saturated heterocycles. The Kier molecular flexibility index (Phi) is 3.93. The smallest absolute Gasteiger partial charge is 0.212 e. The van der Waals surface area contributed by atoms with Gasteiger partial charge in [0, 0.05) is 10.7 Å². The molecule has 1 aliphatic rings. The first-order valence-corrected chi connectivity index (χ1v) is 7.38. The summed E-state index contributed by atoms with van der Waals surface area (Å²) < 4.78 is 21.0. The van der Waals surface area contributed by atoms with E-state index in [4.69, 9.17) is 10.7 Å². The van der Waals surface area contributed by atoms with Crippen LogP contribution in [0.15, 0.2) is 12.2 Å². The summed E-state index contributed by atoms with van der Waals surface area (Å²) >= 11 is 1.91. The van der Waals surface area contributed by atoms with E-state index in [2.05, 4.69) is 0 Å². The second-order valence-corrected chi connectivity index (χ2v) is 6.73. The van der Waals surface area contributed by atoms with Gasteiger partial charge in [-0.3, -0.25) is 0 Å². The summed E-state index contributed by atoms with van der Waals surface area (Å²) in [5.41, 5.74) is 0. The molecule has 1 fully saturated rings. The van der Waals surface area contributed by atoms with Gasteiger partial charge in [-0.25, -0.2) is 8.42 Å². The molecule has 0 aliphatic carbocycles. The van der Waals surface area contributed by atoms with Crippen LogP contribution in [0.5, 0.6) is 0 Å². The summed E-state index contributed by atoms with van der Waals surface area (Å²) in [4.78, 5) is 0. The lowest BCUT2D eigenvalue weighted by molar-refractivity contribution is 0.612. The Bertz CT molecular complexity index is 253. The molecule has 0 saturated carbocycles. The Hall–Kier alpha value is 0.330. The van der Waals surface area contributed by atoms with Gasteiger partial charge >= 0.3 is 0 Å². The summed E-state index contributed by atoms with van der Waals surface area (Å²) in [5.74, 6) is 2.80. The van der Waals surface area contributed by atoms with Crippen LogP contribution in [0.3, 0.4) is 0 Å². The zero-order chi connectivity index (χ0) is 9.03. The highest BCUT2D eigenvalue weighted by atomic mass is 35.7. The standard InChI is InChI=1S/C7H11ClO2S2/c8-12(9,10)5-1-2-7-3-4-11-6-7/h1-2,7H,3-6H2/b2-1+. The van der Waals surface area contributed by atoms with Crippen molar-refractivity contribution in [2.45, 2.75) is 6.42 Å². The number of thioether (sulfide) groups is 1. The van der Waals surface area contributed by atoms with Gasteiger partial charge in [0.15, 0.2) is 0 Å². The average molecular weight is 227 g/mol. The topological polar surface area (TPSA) is 34.1 Å². The van der Waals surface area contributed by atoms with Gasteiger partial charge in [0.1, 0.15) is 0 Å². The molecule has 1 heterocycles. The van der Waals surface area contributed by atoms with Crippen molar-refractivity contribution in [3.05, 3.63) is 12.2 Å². The van der Waals surface area contributed by atoms with Crippen LogP contribution in [0, 0.1) is 5.92 Å². The minimum atomic E-state index is -3.34. The van der Waals surface area contributed by atoms with Crippen LogP contribution in [-0.2, 0) is 9.05 Å². The number of hydrogen-bond acceptors (Lipinski definition) is 3. The normalized spacial score (nSPS) is 25.2. The van der Waals surface area contributed by atoms with Crippen molar-refractivity contribution >= 4 is 31.5 Å². The highest BCUT2D eigenvalue weighted by molar-refractivity contribution is 8.13. The van der Waals surface area contributed by atoms with Gasteiger partial charge in [0.25, 0.3) is 0 Å². The molecule has 1 atom stereocenters. The van der Waals surface area contributed by atoms with Crippen LogP contribution in [-0.4, -0.2) is 25.7 Å². The lowest BCUT2D eigenvalue weighted by Crippen LogP contribution is -1.96. The van der Waals surface area contributed by atoms with Crippen LogP contribution in [0.2, 0.25) is 0 Å². The highest BCUT2D eigenvalue weighted by Gasteiger charge is 2.11. The molecule has 0 radical (unpaired) electrons. The summed E-state index contributed by atoms with van der Waals surface area (Å²) in [6.07, 6.45) is 4.77. The summed E-state index contributed by atoms with van der Waals surface area (Å²) in [6, 6.07) is 0. The molecule has 12 heavy (non-hydrogen) atoms. The SMILES string of the molecule is O=S(=O)(Cl)C/C=C/C1CCSC1. The average Bonchev–Trinajstić information content (AvgIpc) is 2.36. The van der Waals surface area contributed by atoms with E-state index in [1.165, 1.54) is 5.75 Å². The summed E-state index contributed by atoms with van der Waals surface area (Å²) in [6.45, 7) is 0. The third-order valence-electron chi connectivity index (χ3n) is 1.67. The minimum Gasteiger partial charge on any atom is -0.212 e. The third kappa shape index (κ3) is 4.38. The maximum absolute atomic E-state index is 10.5. The Labute approximate surface area is 81.8 Å². The monoisotopic (exact) mass is 226 g/mol. The second-order valence-electron chi connectivity index (χ2n) is 2.76. The number of hydrogen-bond donors (Lipinski definition) is 0. The van der Waals surface area contributed by atoms with Gasteiger partial charge in [-0.15, -0.1) is 0 Å². The number of rotatable bonds is 3. The molecule has 70 valence electrons. The fourth-order valence-electron chi connectivity index (χ4n) is 1.07. The van der Waals surface area contributed by atoms with Crippen LogP contribution in [0.4, 0.5) is 0 Å². The molecule has 1 rings (SSSR count). The molecule has 0 aromatic carbocycles. The molecule has 0 N–H and O–H groups in total. The molecule has 0 spiro atoms. The van der Waals surface area contributed by atoms with Crippen molar-refractivity contribution in [3.63, 3.8) is 0 Å². The van der Waals surface area contributed by atoms with Crippen LogP contribution in [0.1, 0.15) is 6.42 Å². The second kappa shape index (κ2) is 4.53. The lowest BCUT2D eigenvalue weighted by atomic mass is 10.1. The summed E-state index contributed by atoms with van der Waals surface area (Å²) in [7, 11) is 1.70. The third-order valence-corrected chi connectivity index (χ3v) is 3.83. The Balaban J connectivity index is 2.30. The largest absolute Gasteiger partial charge is 0.236 e. The van der Waals surface area contributed by atoms with E-state index < -0.39 is 9.05 Å². The van der Waals surface area contributed by atoms with Crippen LogP contribution in [0.25, 0.3) is 0 Å². The first-order chi connectivity index (χ1) is 5.58. The predicted octanol–water partition coefficient (Wildman–Crippen LogP) is 1.86. The molecule has 1 aliphatic heterocycles. The Morgan fingerprint density at radius 2 is 2.33 bits per heavy atom. The molecule has 1 unspecified atom stereocenters. The fraction of sp³-hybridized carbons (Fsp3) is 0.714. The zero-order valence-corrected chi connectivity index (χ0v) is 8.96. The van der Waals surface area contributed by atoms with Gasteiger partial charge in [0.2, 0.25) is 9.05 Å². The number of allylic oxidation sites excluding steroid dienone is 1. The van der Waals surface area contributed by atoms with Crippen LogP contribution >= 0.6 is 22.4 Å². The van der Waals surface area contributed by atoms with Gasteiger partial charge in [-0.05, 0) is 23.8 Å². The van der Waals surface area contributed by atoms with Crippen molar-refractivity contribution in [1.29, 1.82) is 0 Å². The van der Waals surface area contributed by atoms with E-state index in [0.29, 0.717) is 5.92 Å². The molecule has 5 heteroatoms. The van der Waals surface area contributed by atoms with Crippen molar-refractivity contribution in [2.75, 3.05) is 17.3 Å². The van der Waals surface area contributed by atoms with E-state index in [1.807, 2.05) is 17.8 Å². The van der Waals surface area contributed by atoms with Crippen molar-refractivity contribution in [3.8, 4) is 0 Å². The summed E-state index contributed by atoms with van der Waals surface area (Å²) in [5, 5.41) is 0. The van der Waals surface area contributed by atoms with E-state index in [1.54, 1.807) is 6.08 Å². The molecular weight excluding hydrogens is 216 g/mol. The van der Waals surface area contributed by atoms with Gasteiger partial charge < -0.3 is 0 Å². The molecule has 2 nitrogen and oxygen atoms in total. The first-order valence-electron chi connectivity index (χ1n) is 3.75. The minimum absolute atomic E-state index is 0.0459. The van der Waals surface area contributed by atoms with Crippen molar-refractivity contribution in [2.24, 2.45) is 5.92 Å². The fourth-order valence-corrected chi connectivity index (χ4v) is 2.84. The van der Waals surface area contributed by atoms with E-state index in [-0.39, 0.29) is 5.75 Å².